The van der Waals surface area contributed by atoms with Crippen LogP contribution in [0.25, 0.3) is 0 Å². The second-order valence-electron chi connectivity index (χ2n) is 5.72. The molecule has 1 aliphatic heterocycles. The molecule has 2 rings (SSSR count). The highest BCUT2D eigenvalue weighted by Gasteiger charge is 2.31. The molecule has 1 aromatic rings. The maximum Gasteiger partial charge on any atom is 0.151 e. The van der Waals surface area contributed by atoms with Gasteiger partial charge in [-0.15, -0.1) is 0 Å². The predicted octanol–water partition coefficient (Wildman–Crippen LogP) is 2.32. The molecule has 0 saturated carbocycles. The minimum absolute atomic E-state index is 0.0547. The molecular formula is C14H23N3O2S. The summed E-state index contributed by atoms with van der Waals surface area (Å²) in [5, 5.41) is 3.27. The zero-order valence-electron chi connectivity index (χ0n) is 12.4. The molecule has 6 heteroatoms. The molecule has 2 heterocycles. The normalized spacial score (nSPS) is 21.3. The summed E-state index contributed by atoms with van der Waals surface area (Å²) < 4.78 is 23.2. The Morgan fingerprint density at radius 1 is 1.40 bits per heavy atom. The first kappa shape index (κ1) is 15.2. The van der Waals surface area contributed by atoms with Gasteiger partial charge in [0.05, 0.1) is 11.5 Å². The van der Waals surface area contributed by atoms with Gasteiger partial charge in [0.2, 0.25) is 0 Å². The van der Waals surface area contributed by atoms with Gasteiger partial charge >= 0.3 is 0 Å². The van der Waals surface area contributed by atoms with Crippen molar-refractivity contribution >= 4 is 15.7 Å². The first-order valence-electron chi connectivity index (χ1n) is 7.24. The zero-order valence-corrected chi connectivity index (χ0v) is 13.2. The molecule has 1 saturated heterocycles. The molecule has 1 fully saturated rings. The van der Waals surface area contributed by atoms with E-state index in [4.69, 9.17) is 0 Å². The lowest BCUT2D eigenvalue weighted by Gasteiger charge is -2.14. The Hall–Kier alpha value is -1.17. The molecule has 0 bridgehead atoms. The van der Waals surface area contributed by atoms with Crippen LogP contribution in [-0.4, -0.2) is 36.4 Å². The number of rotatable bonds is 5. The number of nitrogens with one attached hydrogen (secondary N) is 1. The molecule has 20 heavy (non-hydrogen) atoms. The average molecular weight is 297 g/mol. The van der Waals surface area contributed by atoms with Gasteiger partial charge in [-0.05, 0) is 18.8 Å². The Bertz CT molecular complexity index is 570. The highest BCUT2D eigenvalue weighted by Crippen LogP contribution is 2.28. The van der Waals surface area contributed by atoms with E-state index < -0.39 is 9.84 Å². The van der Waals surface area contributed by atoms with Crippen LogP contribution in [0.2, 0.25) is 0 Å². The predicted molar refractivity (Wildman–Crippen MR) is 80.9 cm³/mol. The van der Waals surface area contributed by atoms with Gasteiger partial charge in [0.1, 0.15) is 11.6 Å². The van der Waals surface area contributed by atoms with Crippen LogP contribution in [0.1, 0.15) is 57.0 Å². The van der Waals surface area contributed by atoms with Crippen LogP contribution < -0.4 is 5.32 Å². The number of hydrogen-bond donors (Lipinski definition) is 1. The number of aromatic nitrogens is 2. The first-order chi connectivity index (χ1) is 9.41. The van der Waals surface area contributed by atoms with Crippen molar-refractivity contribution in [1.29, 1.82) is 0 Å². The van der Waals surface area contributed by atoms with Gasteiger partial charge in [0.25, 0.3) is 0 Å². The summed E-state index contributed by atoms with van der Waals surface area (Å²) in [5.74, 6) is 2.17. The van der Waals surface area contributed by atoms with Crippen molar-refractivity contribution in [3.63, 3.8) is 0 Å². The standard InChI is InChI=1S/C14H23N3O2S/c1-4-6-15-13-8-12(10(2)3)16-14(17-13)11-5-7-20(18,19)9-11/h8,10-11H,4-7,9H2,1-3H3,(H,15,16,17). The third-order valence-corrected chi connectivity index (χ3v) is 5.28. The highest BCUT2D eigenvalue weighted by atomic mass is 32.2. The van der Waals surface area contributed by atoms with Gasteiger partial charge in [0, 0.05) is 24.2 Å². The summed E-state index contributed by atoms with van der Waals surface area (Å²) >= 11 is 0. The largest absolute Gasteiger partial charge is 0.370 e. The number of nitrogens with zero attached hydrogens (tertiary/aromatic N) is 2. The van der Waals surface area contributed by atoms with Gasteiger partial charge in [-0.2, -0.15) is 0 Å². The first-order valence-corrected chi connectivity index (χ1v) is 9.06. The molecule has 0 aliphatic carbocycles. The molecule has 1 atom stereocenters. The molecule has 0 radical (unpaired) electrons. The van der Waals surface area contributed by atoms with E-state index in [0.717, 1.165) is 24.5 Å². The van der Waals surface area contributed by atoms with E-state index in [1.54, 1.807) is 0 Å². The van der Waals surface area contributed by atoms with E-state index in [0.29, 0.717) is 18.2 Å². The van der Waals surface area contributed by atoms with Crippen LogP contribution in [0.5, 0.6) is 0 Å². The Balaban J connectivity index is 2.29. The van der Waals surface area contributed by atoms with Crippen LogP contribution in [-0.2, 0) is 9.84 Å². The molecule has 5 nitrogen and oxygen atoms in total. The fourth-order valence-electron chi connectivity index (χ4n) is 2.31. The van der Waals surface area contributed by atoms with Gasteiger partial charge in [-0.25, -0.2) is 18.4 Å². The van der Waals surface area contributed by atoms with Crippen LogP contribution in [0, 0.1) is 0 Å². The summed E-state index contributed by atoms with van der Waals surface area (Å²) in [6, 6.07) is 1.97. The van der Waals surface area contributed by atoms with Crippen molar-refractivity contribution < 1.29 is 8.42 Å². The minimum Gasteiger partial charge on any atom is -0.370 e. The van der Waals surface area contributed by atoms with E-state index in [1.807, 2.05) is 6.07 Å². The lowest BCUT2D eigenvalue weighted by Crippen LogP contribution is -2.12. The number of hydrogen-bond acceptors (Lipinski definition) is 5. The summed E-state index contributed by atoms with van der Waals surface area (Å²) in [6.45, 7) is 7.13. The number of anilines is 1. The van der Waals surface area contributed by atoms with Gasteiger partial charge in [-0.3, -0.25) is 0 Å². The SMILES string of the molecule is CCCNc1cc(C(C)C)nc(C2CCS(=O)(=O)C2)n1. The fourth-order valence-corrected chi connectivity index (χ4v) is 4.05. The third kappa shape index (κ3) is 3.69. The molecule has 1 unspecified atom stereocenters. The van der Waals surface area contributed by atoms with Crippen LogP contribution in [0.15, 0.2) is 6.07 Å². The maximum atomic E-state index is 11.6. The van der Waals surface area contributed by atoms with Crippen molar-refractivity contribution in [2.75, 3.05) is 23.4 Å². The molecule has 1 N–H and O–H groups in total. The van der Waals surface area contributed by atoms with E-state index in [-0.39, 0.29) is 17.4 Å². The molecule has 0 spiro atoms. The molecule has 1 aromatic heterocycles. The van der Waals surface area contributed by atoms with Crippen molar-refractivity contribution in [1.82, 2.24) is 9.97 Å². The van der Waals surface area contributed by atoms with Crippen LogP contribution >= 0.6 is 0 Å². The lowest BCUT2D eigenvalue weighted by molar-refractivity contribution is 0.601. The molecular weight excluding hydrogens is 274 g/mol. The lowest BCUT2D eigenvalue weighted by atomic mass is 10.1. The van der Waals surface area contributed by atoms with Crippen molar-refractivity contribution in [3.05, 3.63) is 17.6 Å². The van der Waals surface area contributed by atoms with Crippen molar-refractivity contribution in [2.24, 2.45) is 0 Å². The fraction of sp³-hybridized carbons (Fsp3) is 0.714. The third-order valence-electron chi connectivity index (χ3n) is 3.51. The molecule has 1 aliphatic rings. The molecule has 0 aromatic carbocycles. The number of sulfone groups is 1. The van der Waals surface area contributed by atoms with Crippen molar-refractivity contribution in [3.8, 4) is 0 Å². The quantitative estimate of drug-likeness (QED) is 0.903. The molecule has 0 amide bonds. The second-order valence-corrected chi connectivity index (χ2v) is 7.95. The maximum absolute atomic E-state index is 11.6. The summed E-state index contributed by atoms with van der Waals surface area (Å²) in [7, 11) is -2.91. The van der Waals surface area contributed by atoms with Crippen LogP contribution in [0.4, 0.5) is 5.82 Å². The zero-order chi connectivity index (χ0) is 14.8. The second kappa shape index (κ2) is 6.08. The topological polar surface area (TPSA) is 72.0 Å². The van der Waals surface area contributed by atoms with Crippen molar-refractivity contribution in [2.45, 2.75) is 45.4 Å². The Labute approximate surface area is 121 Å². The van der Waals surface area contributed by atoms with Gasteiger partial charge in [0.15, 0.2) is 9.84 Å². The highest BCUT2D eigenvalue weighted by molar-refractivity contribution is 7.91. The summed E-state index contributed by atoms with van der Waals surface area (Å²) in [4.78, 5) is 9.09. The Kier molecular flexibility index (Phi) is 4.62. The smallest absolute Gasteiger partial charge is 0.151 e. The van der Waals surface area contributed by atoms with E-state index in [9.17, 15) is 8.42 Å². The Morgan fingerprint density at radius 2 is 2.15 bits per heavy atom. The molecule has 112 valence electrons. The van der Waals surface area contributed by atoms with E-state index >= 15 is 0 Å². The van der Waals surface area contributed by atoms with E-state index in [1.165, 1.54) is 0 Å². The summed E-state index contributed by atoms with van der Waals surface area (Å²) in [5.41, 5.74) is 0.970. The van der Waals surface area contributed by atoms with Gasteiger partial charge < -0.3 is 5.32 Å². The minimum atomic E-state index is -2.91. The Morgan fingerprint density at radius 3 is 2.70 bits per heavy atom. The van der Waals surface area contributed by atoms with Crippen LogP contribution in [0.3, 0.4) is 0 Å². The average Bonchev–Trinajstić information content (AvgIpc) is 2.76. The summed E-state index contributed by atoms with van der Waals surface area (Å²) in [6.07, 6.45) is 1.66. The van der Waals surface area contributed by atoms with Gasteiger partial charge in [-0.1, -0.05) is 20.8 Å². The monoisotopic (exact) mass is 297 g/mol. The van der Waals surface area contributed by atoms with E-state index in [2.05, 4.69) is 36.1 Å².